The van der Waals surface area contributed by atoms with Crippen LogP contribution >= 0.6 is 0 Å². The van der Waals surface area contributed by atoms with Gasteiger partial charge in [0, 0.05) is 18.5 Å². The Hall–Kier alpha value is -0.910. The third kappa shape index (κ3) is 3.57. The number of morpholine rings is 1. The molecular formula is C34H55NO4. The summed E-state index contributed by atoms with van der Waals surface area (Å²) in [4.78, 5) is 16.6. The fourth-order valence-corrected chi connectivity index (χ4v) is 12.6. The maximum Gasteiger partial charge on any atom is 0.229 e. The SMILES string of the molecule is C=C(C)[C@@H]1CC[C@]2(C(=O)N3CCOCC3)CC[C@]3(C)[C@H](CC[C@@H]4[C@@]5(C)CC[C@H](O)[C@@](C)(CO)[C@@H]5CC[C@]43C)[C@@H]12. The zero-order valence-electron chi connectivity index (χ0n) is 25.4. The molecule has 39 heavy (non-hydrogen) atoms. The van der Waals surface area contributed by atoms with Gasteiger partial charge in [0.1, 0.15) is 0 Å². The van der Waals surface area contributed by atoms with Crippen LogP contribution in [0.5, 0.6) is 0 Å². The van der Waals surface area contributed by atoms with Gasteiger partial charge in [-0.2, -0.15) is 0 Å². The molecule has 0 radical (unpaired) electrons. The van der Waals surface area contributed by atoms with Gasteiger partial charge in [-0.05, 0) is 117 Å². The fraction of sp³-hybridized carbons (Fsp3) is 0.912. The molecule has 0 aromatic carbocycles. The summed E-state index contributed by atoms with van der Waals surface area (Å²) in [6.45, 7) is 19.5. The Balaban J connectivity index is 1.38. The molecule has 11 atom stereocenters. The van der Waals surface area contributed by atoms with Crippen LogP contribution < -0.4 is 0 Å². The Bertz CT molecular complexity index is 1010. The summed E-state index contributed by atoms with van der Waals surface area (Å²) in [6, 6.07) is 0. The summed E-state index contributed by atoms with van der Waals surface area (Å²) in [5, 5.41) is 21.6. The number of hydrogen-bond acceptors (Lipinski definition) is 4. The lowest BCUT2D eigenvalue weighted by atomic mass is 9.32. The van der Waals surface area contributed by atoms with Gasteiger partial charge in [-0.15, -0.1) is 0 Å². The van der Waals surface area contributed by atoms with Crippen molar-refractivity contribution in [3.05, 3.63) is 12.2 Å². The molecule has 1 heterocycles. The second-order valence-corrected chi connectivity index (χ2v) is 16.0. The summed E-state index contributed by atoms with van der Waals surface area (Å²) in [5.41, 5.74) is 1.17. The Morgan fingerprint density at radius 2 is 1.62 bits per heavy atom. The smallest absolute Gasteiger partial charge is 0.229 e. The third-order valence-electron chi connectivity index (χ3n) is 14.9. The number of hydrogen-bond donors (Lipinski definition) is 2. The minimum absolute atomic E-state index is 0.0757. The van der Waals surface area contributed by atoms with Crippen LogP contribution in [0, 0.1) is 56.7 Å². The van der Waals surface area contributed by atoms with Gasteiger partial charge in [0.15, 0.2) is 0 Å². The summed E-state index contributed by atoms with van der Waals surface area (Å²) in [7, 11) is 0. The Labute approximate surface area is 237 Å². The quantitative estimate of drug-likeness (QED) is 0.441. The number of rotatable bonds is 3. The van der Waals surface area contributed by atoms with Crippen molar-refractivity contribution in [2.45, 2.75) is 105 Å². The molecule has 2 N–H and O–H groups in total. The molecule has 5 heteroatoms. The summed E-state index contributed by atoms with van der Waals surface area (Å²) < 4.78 is 5.62. The monoisotopic (exact) mass is 541 g/mol. The molecule has 5 aliphatic carbocycles. The average Bonchev–Trinajstić information content (AvgIpc) is 3.33. The van der Waals surface area contributed by atoms with E-state index in [1.54, 1.807) is 0 Å². The number of fused-ring (bicyclic) bond motifs is 7. The van der Waals surface area contributed by atoms with Crippen LogP contribution in [0.2, 0.25) is 0 Å². The number of carbonyl (C=O) groups excluding carboxylic acids is 1. The normalized spacial score (nSPS) is 53.3. The summed E-state index contributed by atoms with van der Waals surface area (Å²) in [5.74, 6) is 2.75. The van der Waals surface area contributed by atoms with Gasteiger partial charge < -0.3 is 19.8 Å². The van der Waals surface area contributed by atoms with Gasteiger partial charge >= 0.3 is 0 Å². The topological polar surface area (TPSA) is 70.0 Å². The molecule has 6 fully saturated rings. The van der Waals surface area contributed by atoms with Gasteiger partial charge in [0.2, 0.25) is 5.91 Å². The van der Waals surface area contributed by atoms with E-state index in [-0.39, 0.29) is 28.3 Å². The van der Waals surface area contributed by atoms with Gasteiger partial charge in [0.25, 0.3) is 0 Å². The summed E-state index contributed by atoms with van der Waals surface area (Å²) >= 11 is 0. The average molecular weight is 542 g/mol. The van der Waals surface area contributed by atoms with E-state index in [1.165, 1.54) is 24.8 Å². The van der Waals surface area contributed by atoms with Crippen LogP contribution in [0.4, 0.5) is 0 Å². The fourth-order valence-electron chi connectivity index (χ4n) is 12.6. The molecule has 6 aliphatic rings. The Morgan fingerprint density at radius 3 is 2.28 bits per heavy atom. The van der Waals surface area contributed by atoms with E-state index in [4.69, 9.17) is 4.74 Å². The minimum atomic E-state index is -0.409. The van der Waals surface area contributed by atoms with Crippen LogP contribution in [-0.2, 0) is 9.53 Å². The van der Waals surface area contributed by atoms with E-state index in [2.05, 4.69) is 46.1 Å². The summed E-state index contributed by atoms with van der Waals surface area (Å²) in [6.07, 6.45) is 10.4. The first-order chi connectivity index (χ1) is 18.4. The van der Waals surface area contributed by atoms with E-state index in [9.17, 15) is 15.0 Å². The molecule has 0 unspecified atom stereocenters. The standard InChI is InChI=1S/C34H55NO4/c1-22(2)23-9-14-34(29(38)35-17-19-39-20-18-35)16-15-32(5)24(28(23)34)7-8-26-30(3)12-11-27(37)31(4,21-36)25(30)10-13-33(26,32)6/h23-28,36-37H,1,7-21H2,2-6H3/t23-,24+,25+,26+,27-,28+,30-,31-,32+,33+,34-/m0/s1. The highest BCUT2D eigenvalue weighted by molar-refractivity contribution is 5.84. The molecule has 5 saturated carbocycles. The second-order valence-electron chi connectivity index (χ2n) is 16.0. The molecule has 6 rings (SSSR count). The predicted octanol–water partition coefficient (Wildman–Crippen LogP) is 5.84. The van der Waals surface area contributed by atoms with Crippen molar-refractivity contribution >= 4 is 5.91 Å². The lowest BCUT2D eigenvalue weighted by molar-refractivity contribution is -0.253. The van der Waals surface area contributed by atoms with Crippen molar-refractivity contribution in [3.8, 4) is 0 Å². The van der Waals surface area contributed by atoms with E-state index in [1.807, 2.05) is 0 Å². The van der Waals surface area contributed by atoms with Crippen molar-refractivity contribution in [2.24, 2.45) is 56.7 Å². The molecular weight excluding hydrogens is 486 g/mol. The highest BCUT2D eigenvalue weighted by Crippen LogP contribution is 2.77. The number of aliphatic hydroxyl groups is 2. The number of nitrogens with zero attached hydrogens (tertiary/aromatic N) is 1. The number of carbonyl (C=O) groups is 1. The molecule has 1 aliphatic heterocycles. The molecule has 0 spiro atoms. The minimum Gasteiger partial charge on any atom is -0.396 e. The van der Waals surface area contributed by atoms with Crippen molar-refractivity contribution in [2.75, 3.05) is 32.9 Å². The predicted molar refractivity (Wildman–Crippen MR) is 154 cm³/mol. The molecule has 1 saturated heterocycles. The van der Waals surface area contributed by atoms with Crippen LogP contribution in [0.25, 0.3) is 0 Å². The van der Waals surface area contributed by atoms with Gasteiger partial charge in [-0.25, -0.2) is 0 Å². The Morgan fingerprint density at radius 1 is 0.897 bits per heavy atom. The van der Waals surface area contributed by atoms with Crippen molar-refractivity contribution in [1.29, 1.82) is 0 Å². The maximum absolute atomic E-state index is 14.4. The van der Waals surface area contributed by atoms with Gasteiger partial charge in [0.05, 0.1) is 31.3 Å². The van der Waals surface area contributed by atoms with Gasteiger partial charge in [-0.3, -0.25) is 4.79 Å². The highest BCUT2D eigenvalue weighted by atomic mass is 16.5. The highest BCUT2D eigenvalue weighted by Gasteiger charge is 2.72. The largest absolute Gasteiger partial charge is 0.396 e. The second kappa shape index (κ2) is 9.30. The number of ether oxygens (including phenoxy) is 1. The molecule has 5 nitrogen and oxygen atoms in total. The van der Waals surface area contributed by atoms with Crippen LogP contribution in [0.3, 0.4) is 0 Å². The van der Waals surface area contributed by atoms with E-state index in [0.717, 1.165) is 58.0 Å². The number of allylic oxidation sites excluding steroid dienone is 1. The Kier molecular flexibility index (Phi) is 6.73. The van der Waals surface area contributed by atoms with E-state index >= 15 is 0 Å². The van der Waals surface area contributed by atoms with E-state index in [0.29, 0.717) is 48.7 Å². The molecule has 220 valence electrons. The van der Waals surface area contributed by atoms with Crippen molar-refractivity contribution < 1.29 is 19.7 Å². The van der Waals surface area contributed by atoms with Crippen LogP contribution in [0.1, 0.15) is 98.8 Å². The van der Waals surface area contributed by atoms with Crippen LogP contribution in [0.15, 0.2) is 12.2 Å². The first-order valence-corrected chi connectivity index (χ1v) is 16.2. The first kappa shape index (κ1) is 28.2. The molecule has 0 aromatic heterocycles. The van der Waals surface area contributed by atoms with Gasteiger partial charge in [-0.1, -0.05) is 39.8 Å². The molecule has 1 amide bonds. The lowest BCUT2D eigenvalue weighted by Gasteiger charge is -2.73. The zero-order valence-corrected chi connectivity index (χ0v) is 25.4. The first-order valence-electron chi connectivity index (χ1n) is 16.2. The lowest BCUT2D eigenvalue weighted by Crippen LogP contribution is -2.68. The third-order valence-corrected chi connectivity index (χ3v) is 14.9. The number of amides is 1. The molecule has 0 bridgehead atoms. The van der Waals surface area contributed by atoms with Crippen LogP contribution in [-0.4, -0.2) is 60.0 Å². The van der Waals surface area contributed by atoms with E-state index < -0.39 is 11.5 Å². The van der Waals surface area contributed by atoms with Crippen molar-refractivity contribution in [1.82, 2.24) is 4.90 Å². The van der Waals surface area contributed by atoms with Crippen molar-refractivity contribution in [3.63, 3.8) is 0 Å². The number of aliphatic hydroxyl groups excluding tert-OH is 2. The maximum atomic E-state index is 14.4. The zero-order chi connectivity index (χ0) is 28.0. The molecule has 0 aromatic rings.